The molecule has 0 radical (unpaired) electrons. The minimum absolute atomic E-state index is 0.242. The average molecular weight is 388 g/mol. The van der Waals surface area contributed by atoms with Crippen LogP contribution < -0.4 is 0 Å². The smallest absolute Gasteiger partial charge is 0.261 e. The van der Waals surface area contributed by atoms with E-state index in [0.717, 1.165) is 54.4 Å². The Labute approximate surface area is 168 Å². The Morgan fingerprint density at radius 3 is 1.10 bits per heavy atom. The summed E-state index contributed by atoms with van der Waals surface area (Å²) in [4.78, 5) is 51.7. The number of imide groups is 2. The standard InChI is InChI=1S/C23H20N2O4/c1-24-20(26)16-8-12-4-3-5-13-9-17-19(23(29)25(2)21(17)27)11-15(13)7-6-14(12)10-18(16)22(24)28/h8-11H,3-7H2,1-2H3. The monoisotopic (exact) mass is 388 g/mol. The Kier molecular flexibility index (Phi) is 3.75. The van der Waals surface area contributed by atoms with Crippen LogP contribution in [0.2, 0.25) is 0 Å². The molecular formula is C23H20N2O4. The van der Waals surface area contributed by atoms with Gasteiger partial charge in [0.25, 0.3) is 23.6 Å². The number of benzene rings is 2. The number of hydrogen-bond acceptors (Lipinski definition) is 4. The fourth-order valence-corrected chi connectivity index (χ4v) is 4.66. The van der Waals surface area contributed by atoms with Crippen molar-refractivity contribution < 1.29 is 19.2 Å². The molecule has 29 heavy (non-hydrogen) atoms. The molecule has 146 valence electrons. The normalized spacial score (nSPS) is 18.1. The first-order chi connectivity index (χ1) is 13.9. The molecule has 2 aromatic rings. The van der Waals surface area contributed by atoms with E-state index >= 15 is 0 Å². The summed E-state index contributed by atoms with van der Waals surface area (Å²) in [5.74, 6) is -0.988. The zero-order valence-corrected chi connectivity index (χ0v) is 16.4. The van der Waals surface area contributed by atoms with Crippen LogP contribution in [0.3, 0.4) is 0 Å². The van der Waals surface area contributed by atoms with Gasteiger partial charge in [-0.05, 0) is 78.6 Å². The number of aryl methyl sites for hydroxylation is 4. The largest absolute Gasteiger partial charge is 0.277 e. The first kappa shape index (κ1) is 17.8. The van der Waals surface area contributed by atoms with E-state index in [-0.39, 0.29) is 23.6 Å². The highest BCUT2D eigenvalue weighted by atomic mass is 16.2. The van der Waals surface area contributed by atoms with Gasteiger partial charge in [0, 0.05) is 14.1 Å². The minimum Gasteiger partial charge on any atom is -0.277 e. The van der Waals surface area contributed by atoms with E-state index < -0.39 is 0 Å². The second-order valence-corrected chi connectivity index (χ2v) is 8.03. The van der Waals surface area contributed by atoms with Crippen molar-refractivity contribution in [1.82, 2.24) is 9.80 Å². The third-order valence-corrected chi connectivity index (χ3v) is 6.38. The van der Waals surface area contributed by atoms with Crippen molar-refractivity contribution in [2.45, 2.75) is 32.1 Å². The summed E-state index contributed by atoms with van der Waals surface area (Å²) in [5, 5.41) is 0. The molecule has 0 bridgehead atoms. The molecule has 0 atom stereocenters. The summed E-state index contributed by atoms with van der Waals surface area (Å²) < 4.78 is 0. The molecule has 0 fully saturated rings. The number of carbonyl (C=O) groups is 4. The van der Waals surface area contributed by atoms with Crippen LogP contribution >= 0.6 is 0 Å². The minimum atomic E-state index is -0.252. The van der Waals surface area contributed by atoms with Gasteiger partial charge in [0.05, 0.1) is 22.3 Å². The predicted octanol–water partition coefficient (Wildman–Crippen LogP) is 2.41. The molecular weight excluding hydrogens is 368 g/mol. The molecule has 6 heteroatoms. The lowest BCUT2D eigenvalue weighted by molar-refractivity contribution is 0.0677. The van der Waals surface area contributed by atoms with Crippen LogP contribution in [-0.4, -0.2) is 47.5 Å². The van der Waals surface area contributed by atoms with Crippen molar-refractivity contribution >= 4 is 23.6 Å². The highest BCUT2D eigenvalue weighted by molar-refractivity contribution is 6.22. The van der Waals surface area contributed by atoms with E-state index in [1.807, 2.05) is 24.3 Å². The van der Waals surface area contributed by atoms with Crippen LogP contribution in [-0.2, 0) is 25.7 Å². The predicted molar refractivity (Wildman–Crippen MR) is 105 cm³/mol. The molecule has 3 aliphatic rings. The van der Waals surface area contributed by atoms with E-state index in [0.29, 0.717) is 22.3 Å². The number of fused-ring (bicyclic) bond motifs is 4. The number of hydrogen-bond donors (Lipinski definition) is 0. The number of amides is 4. The maximum atomic E-state index is 12.4. The molecule has 6 nitrogen and oxygen atoms in total. The molecule has 0 unspecified atom stereocenters. The molecule has 2 aliphatic heterocycles. The van der Waals surface area contributed by atoms with Crippen LogP contribution in [0.4, 0.5) is 0 Å². The zero-order chi connectivity index (χ0) is 20.4. The molecule has 4 amide bonds. The molecule has 0 spiro atoms. The number of nitrogens with zero attached hydrogens (tertiary/aromatic N) is 2. The van der Waals surface area contributed by atoms with Gasteiger partial charge in [0.1, 0.15) is 0 Å². The maximum absolute atomic E-state index is 12.4. The number of rotatable bonds is 0. The molecule has 0 saturated carbocycles. The Hall–Kier alpha value is -3.28. The van der Waals surface area contributed by atoms with E-state index in [9.17, 15) is 19.2 Å². The van der Waals surface area contributed by atoms with Crippen LogP contribution in [0.15, 0.2) is 24.3 Å². The second kappa shape index (κ2) is 6.11. The first-order valence-electron chi connectivity index (χ1n) is 9.83. The van der Waals surface area contributed by atoms with Gasteiger partial charge < -0.3 is 0 Å². The van der Waals surface area contributed by atoms with Gasteiger partial charge in [-0.25, -0.2) is 0 Å². The summed E-state index contributed by atoms with van der Waals surface area (Å²) in [6.07, 6.45) is 3.91. The number of carbonyl (C=O) groups excluding carboxylic acids is 4. The summed E-state index contributed by atoms with van der Waals surface area (Å²) in [5.41, 5.74) is 6.30. The molecule has 0 aromatic heterocycles. The SMILES string of the molecule is CN1C(=O)c2cc3c(cc2C1=O)CCc1cc2c(cc1CCC3)C(=O)N(C)C2=O. The van der Waals surface area contributed by atoms with Gasteiger partial charge in [-0.15, -0.1) is 0 Å². The van der Waals surface area contributed by atoms with Gasteiger partial charge in [-0.2, -0.15) is 0 Å². The zero-order valence-electron chi connectivity index (χ0n) is 16.4. The Bertz CT molecular complexity index is 1060. The van der Waals surface area contributed by atoms with Gasteiger partial charge in [0.15, 0.2) is 0 Å². The van der Waals surface area contributed by atoms with Crippen molar-refractivity contribution in [2.75, 3.05) is 14.1 Å². The van der Waals surface area contributed by atoms with Gasteiger partial charge in [-0.1, -0.05) is 0 Å². The summed E-state index contributed by atoms with van der Waals surface area (Å²) in [6, 6.07) is 7.50. The molecule has 2 aromatic carbocycles. The lowest BCUT2D eigenvalue weighted by Crippen LogP contribution is -2.24. The van der Waals surface area contributed by atoms with Crippen LogP contribution in [0.25, 0.3) is 0 Å². The summed E-state index contributed by atoms with van der Waals surface area (Å²) in [6.45, 7) is 0. The van der Waals surface area contributed by atoms with Crippen molar-refractivity contribution in [3.05, 3.63) is 68.8 Å². The molecule has 0 saturated heterocycles. The van der Waals surface area contributed by atoms with Crippen LogP contribution in [0.1, 0.15) is 70.1 Å². The lowest BCUT2D eigenvalue weighted by Gasteiger charge is -2.11. The lowest BCUT2D eigenvalue weighted by atomic mass is 9.93. The highest BCUT2D eigenvalue weighted by Crippen LogP contribution is 2.31. The van der Waals surface area contributed by atoms with E-state index in [1.165, 1.54) is 23.9 Å². The average Bonchev–Trinajstić information content (AvgIpc) is 3.09. The third kappa shape index (κ3) is 2.48. The highest BCUT2D eigenvalue weighted by Gasteiger charge is 2.35. The third-order valence-electron chi connectivity index (χ3n) is 6.38. The van der Waals surface area contributed by atoms with Crippen molar-refractivity contribution in [1.29, 1.82) is 0 Å². The fourth-order valence-electron chi connectivity index (χ4n) is 4.66. The summed E-state index contributed by atoms with van der Waals surface area (Å²) in [7, 11) is 3.03. The molecule has 0 N–H and O–H groups in total. The van der Waals surface area contributed by atoms with Crippen molar-refractivity contribution in [3.8, 4) is 0 Å². The first-order valence-corrected chi connectivity index (χ1v) is 9.83. The quantitative estimate of drug-likeness (QED) is 0.650. The molecule has 2 heterocycles. The fraction of sp³-hybridized carbons (Fsp3) is 0.304. The van der Waals surface area contributed by atoms with Crippen LogP contribution in [0.5, 0.6) is 0 Å². The van der Waals surface area contributed by atoms with E-state index in [2.05, 4.69) is 0 Å². The van der Waals surface area contributed by atoms with E-state index in [1.54, 1.807) is 0 Å². The van der Waals surface area contributed by atoms with Crippen LogP contribution in [0, 0.1) is 0 Å². The Morgan fingerprint density at radius 2 is 0.793 bits per heavy atom. The Morgan fingerprint density at radius 1 is 0.517 bits per heavy atom. The van der Waals surface area contributed by atoms with Gasteiger partial charge in [-0.3, -0.25) is 29.0 Å². The van der Waals surface area contributed by atoms with Gasteiger partial charge in [0.2, 0.25) is 0 Å². The summed E-state index contributed by atoms with van der Waals surface area (Å²) >= 11 is 0. The van der Waals surface area contributed by atoms with E-state index in [4.69, 9.17) is 0 Å². The maximum Gasteiger partial charge on any atom is 0.261 e. The van der Waals surface area contributed by atoms with Crippen molar-refractivity contribution in [3.63, 3.8) is 0 Å². The molecule has 1 aliphatic carbocycles. The topological polar surface area (TPSA) is 74.8 Å². The second-order valence-electron chi connectivity index (χ2n) is 8.03. The Balaban J connectivity index is 1.54. The molecule has 5 rings (SSSR count). The van der Waals surface area contributed by atoms with Gasteiger partial charge >= 0.3 is 0 Å². The van der Waals surface area contributed by atoms with Crippen molar-refractivity contribution in [2.24, 2.45) is 0 Å².